The molecule has 0 aliphatic carbocycles. The maximum Gasteiger partial charge on any atom is 0.0885 e. The topological polar surface area (TPSA) is 34.1 Å². The van der Waals surface area contributed by atoms with Crippen LogP contribution in [0.15, 0.2) is 24.3 Å². The van der Waals surface area contributed by atoms with Gasteiger partial charge in [0.1, 0.15) is 0 Å². The highest BCUT2D eigenvalue weighted by atomic mass is 16.5. The summed E-state index contributed by atoms with van der Waals surface area (Å²) in [6.45, 7) is 8.04. The molecule has 20 heavy (non-hydrogen) atoms. The monoisotopic (exact) mass is 272 g/mol. The van der Waals surface area contributed by atoms with Gasteiger partial charge in [-0.25, -0.2) is 0 Å². The second-order valence-electron chi connectivity index (χ2n) is 5.21. The van der Waals surface area contributed by atoms with Crippen molar-refractivity contribution in [2.24, 2.45) is 0 Å². The van der Waals surface area contributed by atoms with E-state index in [9.17, 15) is 0 Å². The molecule has 2 rings (SSSR count). The van der Waals surface area contributed by atoms with Gasteiger partial charge in [-0.15, -0.1) is 0 Å². The molecule has 1 aromatic heterocycles. The maximum atomic E-state index is 5.20. The molecule has 1 unspecified atom stereocenters. The summed E-state index contributed by atoms with van der Waals surface area (Å²) >= 11 is 0. The van der Waals surface area contributed by atoms with E-state index in [1.165, 1.54) is 10.9 Å². The van der Waals surface area contributed by atoms with Crippen LogP contribution in [0, 0.1) is 0 Å². The second kappa shape index (κ2) is 6.71. The van der Waals surface area contributed by atoms with Crippen molar-refractivity contribution in [3.8, 4) is 0 Å². The number of rotatable bonds is 6. The van der Waals surface area contributed by atoms with Crippen LogP contribution in [0.25, 0.3) is 10.9 Å². The van der Waals surface area contributed by atoms with Crippen LogP contribution < -0.4 is 5.32 Å². The minimum atomic E-state index is 0.543. The summed E-state index contributed by atoms with van der Waals surface area (Å²) in [4.78, 5) is 4.67. The summed E-state index contributed by atoms with van der Waals surface area (Å²) in [6, 6.07) is 8.67. The Hall–Kier alpha value is -1.61. The Bertz CT molecular complexity index is 580. The van der Waals surface area contributed by atoms with Crippen molar-refractivity contribution in [3.05, 3.63) is 35.5 Å². The third-order valence-corrected chi connectivity index (χ3v) is 3.73. The van der Waals surface area contributed by atoms with Crippen LogP contribution in [0.4, 0.5) is 5.69 Å². The number of aromatic nitrogens is 1. The van der Waals surface area contributed by atoms with Crippen molar-refractivity contribution in [1.82, 2.24) is 4.98 Å². The summed E-state index contributed by atoms with van der Waals surface area (Å²) < 4.78 is 5.20. The molecule has 2 aromatic rings. The number of nitrogens with one attached hydrogen (secondary N) is 1. The smallest absolute Gasteiger partial charge is 0.0885 e. The van der Waals surface area contributed by atoms with Gasteiger partial charge in [0.15, 0.2) is 0 Å². The minimum Gasteiger partial charge on any atom is -0.385 e. The number of ether oxygens (including phenoxy) is 1. The van der Waals surface area contributed by atoms with Gasteiger partial charge in [0, 0.05) is 24.7 Å². The van der Waals surface area contributed by atoms with E-state index in [-0.39, 0.29) is 0 Å². The summed E-state index contributed by atoms with van der Waals surface area (Å²) in [6.07, 6.45) is 1.15. The number of methoxy groups -OCH3 is 1. The number of fused-ring (bicyclic) bond motifs is 1. The van der Waals surface area contributed by atoms with Gasteiger partial charge >= 0.3 is 0 Å². The molecule has 108 valence electrons. The highest BCUT2D eigenvalue weighted by Crippen LogP contribution is 2.28. The van der Waals surface area contributed by atoms with E-state index in [1.807, 2.05) is 0 Å². The van der Waals surface area contributed by atoms with E-state index >= 15 is 0 Å². The fourth-order valence-electron chi connectivity index (χ4n) is 2.40. The molecule has 0 saturated carbocycles. The lowest BCUT2D eigenvalue weighted by Crippen LogP contribution is -2.02. The number of pyridine rings is 1. The SMILES string of the molecule is CCNc1cc(COC)nc2ccc(C(C)CC)cc12. The number of anilines is 1. The minimum absolute atomic E-state index is 0.543. The largest absolute Gasteiger partial charge is 0.385 e. The van der Waals surface area contributed by atoms with Crippen LogP contribution in [-0.2, 0) is 11.3 Å². The normalized spacial score (nSPS) is 12.6. The van der Waals surface area contributed by atoms with Gasteiger partial charge in [0.25, 0.3) is 0 Å². The van der Waals surface area contributed by atoms with E-state index < -0.39 is 0 Å². The highest BCUT2D eigenvalue weighted by molar-refractivity contribution is 5.92. The van der Waals surface area contributed by atoms with Gasteiger partial charge in [-0.1, -0.05) is 19.9 Å². The van der Waals surface area contributed by atoms with Crippen LogP contribution in [0.3, 0.4) is 0 Å². The first-order valence-corrected chi connectivity index (χ1v) is 7.36. The molecular weight excluding hydrogens is 248 g/mol. The molecular formula is C17H24N2O. The Morgan fingerprint density at radius 1 is 1.25 bits per heavy atom. The predicted octanol–water partition coefficient (Wildman–Crippen LogP) is 4.33. The Labute approximate surface area is 121 Å². The first kappa shape index (κ1) is 14.8. The van der Waals surface area contributed by atoms with E-state index in [0.717, 1.165) is 29.9 Å². The van der Waals surface area contributed by atoms with Crippen molar-refractivity contribution >= 4 is 16.6 Å². The average molecular weight is 272 g/mol. The molecule has 0 saturated heterocycles. The Balaban J connectivity index is 2.54. The molecule has 1 aromatic carbocycles. The lowest BCUT2D eigenvalue weighted by atomic mass is 9.96. The fourth-order valence-corrected chi connectivity index (χ4v) is 2.40. The van der Waals surface area contributed by atoms with Crippen LogP contribution in [0.2, 0.25) is 0 Å². The summed E-state index contributed by atoms with van der Waals surface area (Å²) in [5.74, 6) is 0.576. The molecule has 1 N–H and O–H groups in total. The quantitative estimate of drug-likeness (QED) is 0.850. The lowest BCUT2D eigenvalue weighted by Gasteiger charge is -2.14. The van der Waals surface area contributed by atoms with E-state index in [2.05, 4.69) is 55.3 Å². The van der Waals surface area contributed by atoms with Gasteiger partial charge in [-0.3, -0.25) is 4.98 Å². The molecule has 0 radical (unpaired) electrons. The first-order valence-electron chi connectivity index (χ1n) is 7.36. The molecule has 1 atom stereocenters. The zero-order chi connectivity index (χ0) is 14.5. The van der Waals surface area contributed by atoms with E-state index in [1.54, 1.807) is 7.11 Å². The van der Waals surface area contributed by atoms with Crippen LogP contribution >= 0.6 is 0 Å². The van der Waals surface area contributed by atoms with Crippen LogP contribution in [-0.4, -0.2) is 18.6 Å². The molecule has 0 aliphatic heterocycles. The maximum absolute atomic E-state index is 5.20. The second-order valence-corrected chi connectivity index (χ2v) is 5.21. The molecule has 0 fully saturated rings. The number of hydrogen-bond donors (Lipinski definition) is 1. The van der Waals surface area contributed by atoms with Crippen molar-refractivity contribution in [2.75, 3.05) is 19.0 Å². The Morgan fingerprint density at radius 3 is 2.70 bits per heavy atom. The van der Waals surface area contributed by atoms with Gasteiger partial charge in [0.05, 0.1) is 17.8 Å². The Kier molecular flexibility index (Phi) is 4.96. The van der Waals surface area contributed by atoms with Crippen molar-refractivity contribution in [1.29, 1.82) is 0 Å². The van der Waals surface area contributed by atoms with Crippen LogP contribution in [0.1, 0.15) is 44.4 Å². The van der Waals surface area contributed by atoms with Gasteiger partial charge < -0.3 is 10.1 Å². The zero-order valence-electron chi connectivity index (χ0n) is 12.9. The molecule has 0 aliphatic rings. The number of nitrogens with zero attached hydrogens (tertiary/aromatic N) is 1. The zero-order valence-corrected chi connectivity index (χ0v) is 12.9. The van der Waals surface area contributed by atoms with Gasteiger partial charge in [-0.2, -0.15) is 0 Å². The summed E-state index contributed by atoms with van der Waals surface area (Å²) in [7, 11) is 1.70. The molecule has 3 heteroatoms. The lowest BCUT2D eigenvalue weighted by molar-refractivity contribution is 0.182. The van der Waals surface area contributed by atoms with Crippen molar-refractivity contribution in [2.45, 2.75) is 39.7 Å². The molecule has 0 bridgehead atoms. The standard InChI is InChI=1S/C17H24N2O/c1-5-12(3)13-7-8-16-15(9-13)17(18-6-2)10-14(19-16)11-20-4/h7-10,12H,5-6,11H2,1-4H3,(H,18,19). The van der Waals surface area contributed by atoms with E-state index in [4.69, 9.17) is 4.74 Å². The molecule has 0 spiro atoms. The fraction of sp³-hybridized carbons (Fsp3) is 0.471. The molecule has 0 amide bonds. The third-order valence-electron chi connectivity index (χ3n) is 3.73. The highest BCUT2D eigenvalue weighted by Gasteiger charge is 2.09. The first-order chi connectivity index (χ1) is 9.69. The number of hydrogen-bond acceptors (Lipinski definition) is 3. The average Bonchev–Trinajstić information content (AvgIpc) is 2.47. The summed E-state index contributed by atoms with van der Waals surface area (Å²) in [5, 5.41) is 4.64. The molecule has 1 heterocycles. The number of benzene rings is 1. The third kappa shape index (κ3) is 3.10. The van der Waals surface area contributed by atoms with Gasteiger partial charge in [0.2, 0.25) is 0 Å². The van der Waals surface area contributed by atoms with Gasteiger partial charge in [-0.05, 0) is 43.0 Å². The van der Waals surface area contributed by atoms with Crippen LogP contribution in [0.5, 0.6) is 0 Å². The van der Waals surface area contributed by atoms with E-state index in [0.29, 0.717) is 12.5 Å². The molecule has 3 nitrogen and oxygen atoms in total. The Morgan fingerprint density at radius 2 is 2.05 bits per heavy atom. The summed E-state index contributed by atoms with van der Waals surface area (Å²) in [5.41, 5.74) is 4.52. The predicted molar refractivity (Wildman–Crippen MR) is 85.3 cm³/mol. The van der Waals surface area contributed by atoms with Crippen molar-refractivity contribution < 1.29 is 4.74 Å². The van der Waals surface area contributed by atoms with Crippen molar-refractivity contribution in [3.63, 3.8) is 0 Å².